The summed E-state index contributed by atoms with van der Waals surface area (Å²) in [7, 11) is 0. The van der Waals surface area contributed by atoms with Crippen LogP contribution in [0.25, 0.3) is 0 Å². The largest absolute Gasteiger partial charge is 0.488 e. The number of ether oxygens (including phenoxy) is 2. The van der Waals surface area contributed by atoms with Crippen LogP contribution in [0.3, 0.4) is 0 Å². The lowest BCUT2D eigenvalue weighted by Crippen LogP contribution is -2.09. The maximum Gasteiger partial charge on any atom is 0.152 e. The molecule has 0 aliphatic carbocycles. The van der Waals surface area contributed by atoms with E-state index in [0.717, 1.165) is 5.69 Å². The Kier molecular flexibility index (Phi) is 5.52. The number of halogens is 3. The first kappa shape index (κ1) is 15.4. The van der Waals surface area contributed by atoms with Crippen LogP contribution in [0.5, 0.6) is 11.5 Å². The average molecular weight is 377 g/mol. The molecule has 0 atom stereocenters. The Hall–Kier alpha value is -0.970. The second-order valence-corrected chi connectivity index (χ2v) is 5.61. The van der Waals surface area contributed by atoms with Gasteiger partial charge in [0.05, 0.1) is 5.02 Å². The van der Waals surface area contributed by atoms with Crippen LogP contribution >= 0.6 is 39.1 Å². The molecule has 106 valence electrons. The molecule has 6 heteroatoms. The van der Waals surface area contributed by atoms with Crippen LogP contribution in [0.4, 0.5) is 0 Å². The third-order valence-electron chi connectivity index (χ3n) is 2.45. The van der Waals surface area contributed by atoms with Crippen LogP contribution in [0.2, 0.25) is 10.0 Å². The van der Waals surface area contributed by atoms with Gasteiger partial charge in [-0.3, -0.25) is 0 Å². The molecule has 0 N–H and O–H groups in total. The van der Waals surface area contributed by atoms with Gasteiger partial charge in [0.25, 0.3) is 0 Å². The summed E-state index contributed by atoms with van der Waals surface area (Å²) in [5, 5.41) is 1.06. The fraction of sp³-hybridized carbons (Fsp3) is 0.214. The molecule has 1 aromatic carbocycles. The van der Waals surface area contributed by atoms with Gasteiger partial charge < -0.3 is 9.47 Å². The van der Waals surface area contributed by atoms with Crippen LogP contribution < -0.4 is 9.47 Å². The van der Waals surface area contributed by atoms with Gasteiger partial charge in [-0.1, -0.05) is 23.2 Å². The molecule has 0 unspecified atom stereocenters. The van der Waals surface area contributed by atoms with E-state index >= 15 is 0 Å². The minimum Gasteiger partial charge on any atom is -0.488 e. The molecular weight excluding hydrogens is 365 g/mol. The van der Waals surface area contributed by atoms with E-state index in [4.69, 9.17) is 32.7 Å². The summed E-state index contributed by atoms with van der Waals surface area (Å²) in [6, 6.07) is 8.84. The lowest BCUT2D eigenvalue weighted by molar-refractivity contribution is 0.216. The van der Waals surface area contributed by atoms with E-state index in [2.05, 4.69) is 20.9 Å². The minimum atomic E-state index is 0.377. The van der Waals surface area contributed by atoms with Crippen LogP contribution in [0.15, 0.2) is 34.9 Å². The first-order chi connectivity index (χ1) is 9.56. The van der Waals surface area contributed by atoms with Crippen molar-refractivity contribution in [3.8, 4) is 11.5 Å². The summed E-state index contributed by atoms with van der Waals surface area (Å²) in [4.78, 5) is 4.25. The summed E-state index contributed by atoms with van der Waals surface area (Å²) in [6.45, 7) is 2.68. The third-order valence-corrected chi connectivity index (χ3v) is 3.54. The highest BCUT2D eigenvalue weighted by Crippen LogP contribution is 2.27. The smallest absolute Gasteiger partial charge is 0.152 e. The number of pyridine rings is 1. The monoisotopic (exact) mass is 375 g/mol. The zero-order chi connectivity index (χ0) is 14.5. The van der Waals surface area contributed by atoms with E-state index in [-0.39, 0.29) is 0 Å². The topological polar surface area (TPSA) is 31.4 Å². The number of hydrogen-bond acceptors (Lipinski definition) is 3. The molecule has 0 amide bonds. The first-order valence-electron chi connectivity index (χ1n) is 5.90. The highest BCUT2D eigenvalue weighted by atomic mass is 79.9. The van der Waals surface area contributed by atoms with Crippen molar-refractivity contribution < 1.29 is 9.47 Å². The van der Waals surface area contributed by atoms with Crippen molar-refractivity contribution in [2.75, 3.05) is 13.2 Å². The highest BCUT2D eigenvalue weighted by molar-refractivity contribution is 9.10. The van der Waals surface area contributed by atoms with Crippen LogP contribution in [-0.2, 0) is 0 Å². The highest BCUT2D eigenvalue weighted by Gasteiger charge is 2.04. The Balaban J connectivity index is 1.84. The Morgan fingerprint density at radius 3 is 2.35 bits per heavy atom. The zero-order valence-corrected chi connectivity index (χ0v) is 13.8. The van der Waals surface area contributed by atoms with E-state index in [0.29, 0.717) is 39.4 Å². The molecule has 3 nitrogen and oxygen atoms in total. The van der Waals surface area contributed by atoms with Gasteiger partial charge >= 0.3 is 0 Å². The van der Waals surface area contributed by atoms with Crippen LogP contribution in [0.1, 0.15) is 5.69 Å². The number of aryl methyl sites for hydroxylation is 1. The lowest BCUT2D eigenvalue weighted by atomic mass is 10.3. The summed E-state index contributed by atoms with van der Waals surface area (Å²) in [5.74, 6) is 1.27. The predicted octanol–water partition coefficient (Wildman–Crippen LogP) is 4.92. The van der Waals surface area contributed by atoms with Gasteiger partial charge in [-0.05, 0) is 53.2 Å². The number of nitrogens with zero attached hydrogens (tertiary/aromatic N) is 1. The number of rotatable bonds is 5. The van der Waals surface area contributed by atoms with Gasteiger partial charge in [0.2, 0.25) is 0 Å². The third kappa shape index (κ3) is 4.27. The first-order valence-corrected chi connectivity index (χ1v) is 7.45. The maximum absolute atomic E-state index is 6.00. The normalized spacial score (nSPS) is 10.4. The summed E-state index contributed by atoms with van der Waals surface area (Å²) >= 11 is 15.2. The second-order valence-electron chi connectivity index (χ2n) is 4.01. The van der Waals surface area contributed by atoms with E-state index in [1.807, 2.05) is 19.1 Å². The molecule has 20 heavy (non-hydrogen) atoms. The average Bonchev–Trinajstić information content (AvgIpc) is 2.39. The Labute approximate surface area is 136 Å². The van der Waals surface area contributed by atoms with Gasteiger partial charge in [0, 0.05) is 10.7 Å². The molecular formula is C14H12BrCl2NO2. The van der Waals surface area contributed by atoms with E-state index < -0.39 is 0 Å². The quantitative estimate of drug-likeness (QED) is 0.548. The van der Waals surface area contributed by atoms with E-state index in [1.54, 1.807) is 18.2 Å². The standard InChI is InChI=1S/C14H12BrCl2NO2/c1-9-2-4-13(14(15)18-9)20-7-6-19-12-5-3-10(16)8-11(12)17/h2-5,8H,6-7H2,1H3. The fourth-order valence-electron chi connectivity index (χ4n) is 1.52. The molecule has 1 heterocycles. The predicted molar refractivity (Wildman–Crippen MR) is 84.1 cm³/mol. The van der Waals surface area contributed by atoms with E-state index in [9.17, 15) is 0 Å². The molecule has 2 rings (SSSR count). The molecule has 0 saturated heterocycles. The summed E-state index contributed by atoms with van der Waals surface area (Å²) in [5.41, 5.74) is 0.924. The Morgan fingerprint density at radius 2 is 1.70 bits per heavy atom. The van der Waals surface area contributed by atoms with Crippen molar-refractivity contribution in [2.45, 2.75) is 6.92 Å². The molecule has 1 aromatic heterocycles. The molecule has 0 radical (unpaired) electrons. The molecule has 0 aliphatic rings. The second kappa shape index (κ2) is 7.16. The zero-order valence-electron chi connectivity index (χ0n) is 10.7. The van der Waals surface area contributed by atoms with Crippen LogP contribution in [-0.4, -0.2) is 18.2 Å². The van der Waals surface area contributed by atoms with Crippen molar-refractivity contribution >= 4 is 39.1 Å². The fourth-order valence-corrected chi connectivity index (χ4v) is 2.50. The van der Waals surface area contributed by atoms with Crippen molar-refractivity contribution in [3.63, 3.8) is 0 Å². The molecule has 0 fully saturated rings. The van der Waals surface area contributed by atoms with Gasteiger partial charge in [-0.2, -0.15) is 0 Å². The minimum absolute atomic E-state index is 0.377. The van der Waals surface area contributed by atoms with Gasteiger partial charge in [-0.25, -0.2) is 4.98 Å². The molecule has 2 aromatic rings. The lowest BCUT2D eigenvalue weighted by Gasteiger charge is -2.10. The van der Waals surface area contributed by atoms with Crippen molar-refractivity contribution in [1.29, 1.82) is 0 Å². The van der Waals surface area contributed by atoms with Crippen LogP contribution in [0, 0.1) is 6.92 Å². The van der Waals surface area contributed by atoms with Gasteiger partial charge in [0.1, 0.15) is 23.6 Å². The van der Waals surface area contributed by atoms with Crippen molar-refractivity contribution in [1.82, 2.24) is 4.98 Å². The number of hydrogen-bond donors (Lipinski definition) is 0. The molecule has 0 saturated carbocycles. The SMILES string of the molecule is Cc1ccc(OCCOc2ccc(Cl)cc2Cl)c(Br)n1. The van der Waals surface area contributed by atoms with Gasteiger partial charge in [0.15, 0.2) is 5.75 Å². The van der Waals surface area contributed by atoms with Crippen molar-refractivity contribution in [3.05, 3.63) is 50.7 Å². The number of aromatic nitrogens is 1. The molecule has 0 aliphatic heterocycles. The summed E-state index contributed by atoms with van der Waals surface area (Å²) < 4.78 is 11.8. The summed E-state index contributed by atoms with van der Waals surface area (Å²) in [6.07, 6.45) is 0. The Morgan fingerprint density at radius 1 is 1.05 bits per heavy atom. The van der Waals surface area contributed by atoms with E-state index in [1.165, 1.54) is 0 Å². The molecule has 0 bridgehead atoms. The molecule has 0 spiro atoms. The maximum atomic E-state index is 6.00. The van der Waals surface area contributed by atoms with Crippen molar-refractivity contribution in [2.24, 2.45) is 0 Å². The Bertz CT molecular complexity index is 554. The van der Waals surface area contributed by atoms with Gasteiger partial charge in [-0.15, -0.1) is 0 Å². The number of benzene rings is 1.